The molecule has 0 N–H and O–H groups in total. The van der Waals surface area contributed by atoms with Crippen LogP contribution in [0.3, 0.4) is 0 Å². The minimum absolute atomic E-state index is 0.0448. The SMILES string of the molecule is CCOC(=O)C1(C(=O)OCC)CCC[C@@H]1/C=C/C(C)ON1C(C)(C)CCCC1(C)C. The summed E-state index contributed by atoms with van der Waals surface area (Å²) in [5, 5.41) is 2.14. The van der Waals surface area contributed by atoms with Gasteiger partial charge in [0.25, 0.3) is 0 Å². The van der Waals surface area contributed by atoms with Crippen molar-refractivity contribution in [1.82, 2.24) is 5.06 Å². The van der Waals surface area contributed by atoms with Gasteiger partial charge in [-0.15, -0.1) is 0 Å². The van der Waals surface area contributed by atoms with Crippen LogP contribution in [0.4, 0.5) is 0 Å². The van der Waals surface area contributed by atoms with Crippen molar-refractivity contribution < 1.29 is 23.9 Å². The molecule has 1 unspecified atom stereocenters. The summed E-state index contributed by atoms with van der Waals surface area (Å²) < 4.78 is 10.6. The molecule has 6 heteroatoms. The van der Waals surface area contributed by atoms with Gasteiger partial charge in [-0.1, -0.05) is 18.6 Å². The summed E-state index contributed by atoms with van der Waals surface area (Å²) in [5.41, 5.74) is -1.33. The number of esters is 2. The molecule has 0 aromatic carbocycles. The zero-order valence-electron chi connectivity index (χ0n) is 20.0. The summed E-state index contributed by atoms with van der Waals surface area (Å²) in [6.45, 7) is 14.9. The molecule has 0 amide bonds. The fourth-order valence-corrected chi connectivity index (χ4v) is 5.16. The normalized spacial score (nSPS) is 26.4. The molecule has 30 heavy (non-hydrogen) atoms. The van der Waals surface area contributed by atoms with Crippen LogP contribution >= 0.6 is 0 Å². The van der Waals surface area contributed by atoms with Crippen molar-refractivity contribution in [2.75, 3.05) is 13.2 Å². The van der Waals surface area contributed by atoms with Gasteiger partial charge in [0.2, 0.25) is 0 Å². The average Bonchev–Trinajstić information content (AvgIpc) is 3.08. The largest absolute Gasteiger partial charge is 0.465 e. The number of hydrogen-bond acceptors (Lipinski definition) is 6. The number of nitrogens with zero attached hydrogens (tertiary/aromatic N) is 1. The van der Waals surface area contributed by atoms with E-state index in [4.69, 9.17) is 14.3 Å². The summed E-state index contributed by atoms with van der Waals surface area (Å²) in [7, 11) is 0. The minimum atomic E-state index is -1.24. The zero-order valence-corrected chi connectivity index (χ0v) is 20.0. The lowest BCUT2D eigenvalue weighted by Crippen LogP contribution is -2.59. The van der Waals surface area contributed by atoms with E-state index in [1.54, 1.807) is 13.8 Å². The number of hydroxylamine groups is 2. The second-order valence-electron chi connectivity index (χ2n) is 9.88. The summed E-state index contributed by atoms with van der Waals surface area (Å²) in [6.07, 6.45) is 9.13. The van der Waals surface area contributed by atoms with Crippen LogP contribution < -0.4 is 0 Å². The summed E-state index contributed by atoms with van der Waals surface area (Å²) in [5.74, 6) is -1.19. The third-order valence-electron chi connectivity index (χ3n) is 6.56. The van der Waals surface area contributed by atoms with E-state index in [-0.39, 0.29) is 36.3 Å². The highest BCUT2D eigenvalue weighted by Gasteiger charge is 2.56. The van der Waals surface area contributed by atoms with E-state index in [0.29, 0.717) is 6.42 Å². The molecule has 0 bridgehead atoms. The van der Waals surface area contributed by atoms with E-state index in [2.05, 4.69) is 32.8 Å². The summed E-state index contributed by atoms with van der Waals surface area (Å²) in [6, 6.07) is 0. The molecular weight excluding hydrogens is 382 g/mol. The molecule has 0 aromatic heterocycles. The van der Waals surface area contributed by atoms with Gasteiger partial charge in [0, 0.05) is 17.0 Å². The Kier molecular flexibility index (Phi) is 8.14. The maximum Gasteiger partial charge on any atom is 0.324 e. The van der Waals surface area contributed by atoms with Crippen LogP contribution in [0.1, 0.15) is 87.0 Å². The molecule has 1 aliphatic heterocycles. The highest BCUT2D eigenvalue weighted by Crippen LogP contribution is 2.46. The molecule has 6 nitrogen and oxygen atoms in total. The van der Waals surface area contributed by atoms with Crippen molar-refractivity contribution >= 4 is 11.9 Å². The molecule has 2 rings (SSSR count). The first-order chi connectivity index (χ1) is 14.0. The van der Waals surface area contributed by atoms with Crippen molar-refractivity contribution in [1.29, 1.82) is 0 Å². The molecule has 1 saturated carbocycles. The highest BCUT2D eigenvalue weighted by atomic mass is 16.7. The standard InChI is InChI=1S/C24H41NO5/c1-8-28-20(26)24(21(27)29-9-2)17-10-12-19(24)14-13-18(3)30-25-22(4,5)15-11-16-23(25,6)7/h13-14,18-19H,8-12,15-17H2,1-7H3/b14-13+/t18?,19-/m1/s1. The van der Waals surface area contributed by atoms with E-state index in [1.165, 1.54) is 6.42 Å². The lowest BCUT2D eigenvalue weighted by atomic mass is 9.77. The molecule has 0 spiro atoms. The zero-order chi connectivity index (χ0) is 22.6. The first-order valence-electron chi connectivity index (χ1n) is 11.5. The fourth-order valence-electron chi connectivity index (χ4n) is 5.16. The molecule has 2 aliphatic rings. The van der Waals surface area contributed by atoms with Crippen LogP contribution in [0.25, 0.3) is 0 Å². The quantitative estimate of drug-likeness (QED) is 0.317. The van der Waals surface area contributed by atoms with Gasteiger partial charge in [0.15, 0.2) is 5.41 Å². The molecule has 1 saturated heterocycles. The van der Waals surface area contributed by atoms with E-state index >= 15 is 0 Å². The Labute approximate surface area is 182 Å². The Bertz CT molecular complexity index is 606. The Hall–Kier alpha value is -1.40. The summed E-state index contributed by atoms with van der Waals surface area (Å²) >= 11 is 0. The average molecular weight is 424 g/mol. The van der Waals surface area contributed by atoms with Gasteiger partial charge < -0.3 is 9.47 Å². The van der Waals surface area contributed by atoms with E-state index in [0.717, 1.165) is 25.7 Å². The Morgan fingerprint density at radius 3 is 2.00 bits per heavy atom. The molecule has 0 radical (unpaired) electrons. The van der Waals surface area contributed by atoms with Gasteiger partial charge in [-0.25, -0.2) is 0 Å². The third kappa shape index (κ3) is 5.08. The minimum Gasteiger partial charge on any atom is -0.465 e. The van der Waals surface area contributed by atoms with Crippen LogP contribution in [0.5, 0.6) is 0 Å². The number of ether oxygens (including phenoxy) is 2. The van der Waals surface area contributed by atoms with Crippen molar-refractivity contribution in [2.24, 2.45) is 11.3 Å². The lowest BCUT2D eigenvalue weighted by molar-refractivity contribution is -0.293. The van der Waals surface area contributed by atoms with Crippen LogP contribution in [0.2, 0.25) is 0 Å². The maximum absolute atomic E-state index is 12.8. The van der Waals surface area contributed by atoms with Crippen molar-refractivity contribution in [2.45, 2.75) is 104 Å². The second kappa shape index (κ2) is 9.82. The molecule has 1 heterocycles. The molecule has 172 valence electrons. The number of carbonyl (C=O) groups is 2. The van der Waals surface area contributed by atoms with Crippen LogP contribution in [0.15, 0.2) is 12.2 Å². The molecule has 2 fully saturated rings. The molecule has 1 aliphatic carbocycles. The molecule has 0 aromatic rings. The van der Waals surface area contributed by atoms with Crippen LogP contribution in [0, 0.1) is 11.3 Å². The first kappa shape index (κ1) is 24.9. The molecular formula is C24H41NO5. The van der Waals surface area contributed by atoms with Crippen molar-refractivity contribution in [3.8, 4) is 0 Å². The monoisotopic (exact) mass is 423 g/mol. The third-order valence-corrected chi connectivity index (χ3v) is 6.56. The smallest absolute Gasteiger partial charge is 0.324 e. The van der Waals surface area contributed by atoms with Crippen LogP contribution in [-0.4, -0.2) is 47.4 Å². The number of piperidine rings is 1. The van der Waals surface area contributed by atoms with Crippen molar-refractivity contribution in [3.05, 3.63) is 12.2 Å². The Morgan fingerprint density at radius 1 is 0.967 bits per heavy atom. The molecule has 2 atom stereocenters. The van der Waals surface area contributed by atoms with Crippen molar-refractivity contribution in [3.63, 3.8) is 0 Å². The van der Waals surface area contributed by atoms with Gasteiger partial charge in [0.05, 0.1) is 19.3 Å². The Balaban J connectivity index is 2.19. The number of rotatable bonds is 8. The maximum atomic E-state index is 12.8. The summed E-state index contributed by atoms with van der Waals surface area (Å²) in [4.78, 5) is 32.0. The topological polar surface area (TPSA) is 65.1 Å². The van der Waals surface area contributed by atoms with Crippen LogP contribution in [-0.2, 0) is 23.9 Å². The lowest BCUT2D eigenvalue weighted by Gasteiger charge is -2.52. The van der Waals surface area contributed by atoms with Gasteiger partial charge in [-0.2, -0.15) is 5.06 Å². The Morgan fingerprint density at radius 2 is 1.50 bits per heavy atom. The van der Waals surface area contributed by atoms with E-state index < -0.39 is 17.4 Å². The second-order valence-corrected chi connectivity index (χ2v) is 9.88. The number of hydrogen-bond donors (Lipinski definition) is 0. The first-order valence-corrected chi connectivity index (χ1v) is 11.5. The number of allylic oxidation sites excluding steroid dienone is 1. The predicted molar refractivity (Wildman–Crippen MR) is 117 cm³/mol. The van der Waals surface area contributed by atoms with Gasteiger partial charge >= 0.3 is 11.9 Å². The van der Waals surface area contributed by atoms with Gasteiger partial charge in [0.1, 0.15) is 0 Å². The van der Waals surface area contributed by atoms with Gasteiger partial charge in [-0.3, -0.25) is 14.4 Å². The van der Waals surface area contributed by atoms with E-state index in [1.807, 2.05) is 19.1 Å². The highest BCUT2D eigenvalue weighted by molar-refractivity contribution is 6.01. The van der Waals surface area contributed by atoms with E-state index in [9.17, 15) is 9.59 Å². The predicted octanol–water partition coefficient (Wildman–Crippen LogP) is 4.82. The fraction of sp³-hybridized carbons (Fsp3) is 0.833. The number of carbonyl (C=O) groups excluding carboxylic acids is 2. The van der Waals surface area contributed by atoms with Gasteiger partial charge in [-0.05, 0) is 80.6 Å².